The molecule has 1 amide bonds. The van der Waals surface area contributed by atoms with Crippen molar-refractivity contribution < 1.29 is 4.79 Å². The Hall–Kier alpha value is -3.08. The molecule has 29 heavy (non-hydrogen) atoms. The summed E-state index contributed by atoms with van der Waals surface area (Å²) in [7, 11) is 3.99. The number of nitrogens with one attached hydrogen (secondary N) is 1. The molecule has 1 N–H and O–H groups in total. The fourth-order valence-corrected chi connectivity index (χ4v) is 3.66. The molecule has 0 unspecified atom stereocenters. The molecule has 3 aromatic rings. The molecule has 5 nitrogen and oxygen atoms in total. The fourth-order valence-electron chi connectivity index (χ4n) is 3.66. The minimum Gasteiger partial charge on any atom is -0.378 e. The topological polar surface area (TPSA) is 56.4 Å². The minimum absolute atomic E-state index is 0.0279. The smallest absolute Gasteiger partial charge is 0.253 e. The van der Waals surface area contributed by atoms with Crippen LogP contribution < -0.4 is 10.5 Å². The Bertz CT molecular complexity index is 1100. The summed E-state index contributed by atoms with van der Waals surface area (Å²) in [6.07, 6.45) is 0.400. The molecule has 0 radical (unpaired) electrons. The van der Waals surface area contributed by atoms with Crippen LogP contribution in [0.2, 0.25) is 0 Å². The molecule has 1 aromatic heterocycles. The molecule has 0 atom stereocenters. The van der Waals surface area contributed by atoms with Crippen LogP contribution in [0.5, 0.6) is 0 Å². The van der Waals surface area contributed by atoms with Crippen LogP contribution in [0, 0.1) is 13.8 Å². The van der Waals surface area contributed by atoms with Crippen molar-refractivity contribution in [2.45, 2.75) is 40.3 Å². The van der Waals surface area contributed by atoms with Gasteiger partial charge in [0.05, 0.1) is 12.1 Å². The first-order chi connectivity index (χ1) is 13.8. The highest BCUT2D eigenvalue weighted by Crippen LogP contribution is 2.20. The highest BCUT2D eigenvalue weighted by molar-refractivity contribution is 5.83. The first-order valence-corrected chi connectivity index (χ1v) is 9.95. The maximum atomic E-state index is 12.7. The molecule has 0 spiro atoms. The summed E-state index contributed by atoms with van der Waals surface area (Å²) in [6.45, 7) is 6.65. The third kappa shape index (κ3) is 4.67. The lowest BCUT2D eigenvalue weighted by atomic mass is 10.0. The summed E-state index contributed by atoms with van der Waals surface area (Å²) in [5, 5.41) is 0.996. The second kappa shape index (κ2) is 8.52. The van der Waals surface area contributed by atoms with Gasteiger partial charge in [-0.05, 0) is 54.6 Å². The average molecular weight is 392 g/mol. The van der Waals surface area contributed by atoms with Crippen molar-refractivity contribution in [3.8, 4) is 0 Å². The van der Waals surface area contributed by atoms with Crippen molar-refractivity contribution >= 4 is 22.5 Å². The van der Waals surface area contributed by atoms with Crippen LogP contribution >= 0.6 is 0 Å². The molecule has 0 aliphatic heterocycles. The molecular formula is C24H29N3O2. The number of fused-ring (bicyclic) bond motifs is 1. The molecule has 0 aliphatic rings. The maximum absolute atomic E-state index is 12.7. The van der Waals surface area contributed by atoms with E-state index in [0.717, 1.165) is 33.3 Å². The fraction of sp³-hybridized carbons (Fsp3) is 0.333. The summed E-state index contributed by atoms with van der Waals surface area (Å²) in [6, 6.07) is 14.2. The quantitative estimate of drug-likeness (QED) is 0.687. The van der Waals surface area contributed by atoms with Gasteiger partial charge in [0.25, 0.3) is 5.56 Å². The molecule has 3 rings (SSSR count). The number of carbonyl (C=O) groups excluding carboxylic acids is 1. The van der Waals surface area contributed by atoms with Crippen LogP contribution in [0.4, 0.5) is 5.69 Å². The molecular weight excluding hydrogens is 362 g/mol. The average Bonchev–Trinajstić information content (AvgIpc) is 2.68. The zero-order valence-electron chi connectivity index (χ0n) is 17.9. The molecule has 0 fully saturated rings. The zero-order valence-corrected chi connectivity index (χ0v) is 17.9. The normalized spacial score (nSPS) is 10.9. The molecule has 1 heterocycles. The maximum Gasteiger partial charge on any atom is 0.253 e. The monoisotopic (exact) mass is 391 g/mol. The van der Waals surface area contributed by atoms with Crippen molar-refractivity contribution in [2.24, 2.45) is 0 Å². The lowest BCUT2D eigenvalue weighted by molar-refractivity contribution is -0.132. The van der Waals surface area contributed by atoms with E-state index in [1.165, 1.54) is 0 Å². The van der Waals surface area contributed by atoms with Gasteiger partial charge in [-0.1, -0.05) is 30.7 Å². The van der Waals surface area contributed by atoms with Crippen LogP contribution in [0.15, 0.2) is 47.3 Å². The van der Waals surface area contributed by atoms with E-state index in [0.29, 0.717) is 18.5 Å². The first kappa shape index (κ1) is 20.6. The van der Waals surface area contributed by atoms with Crippen molar-refractivity contribution in [1.82, 2.24) is 9.88 Å². The van der Waals surface area contributed by atoms with Crippen LogP contribution in [-0.4, -0.2) is 29.9 Å². The highest BCUT2D eigenvalue weighted by Gasteiger charge is 2.16. The number of amides is 1. The number of H-pyrrole nitrogens is 1. The van der Waals surface area contributed by atoms with E-state index in [-0.39, 0.29) is 18.0 Å². The lowest BCUT2D eigenvalue weighted by Gasteiger charge is -2.23. The van der Waals surface area contributed by atoms with Gasteiger partial charge < -0.3 is 14.8 Å². The number of nitrogens with zero attached hydrogens (tertiary/aromatic N) is 2. The summed E-state index contributed by atoms with van der Waals surface area (Å²) in [5.74, 6) is 0.0279. The van der Waals surface area contributed by atoms with Crippen LogP contribution in [0.25, 0.3) is 10.9 Å². The third-order valence-electron chi connectivity index (χ3n) is 5.19. The van der Waals surface area contributed by atoms with Gasteiger partial charge in [0.15, 0.2) is 0 Å². The Balaban J connectivity index is 1.95. The van der Waals surface area contributed by atoms with Crippen molar-refractivity contribution in [2.75, 3.05) is 19.0 Å². The molecule has 2 aromatic carbocycles. The van der Waals surface area contributed by atoms with Crippen molar-refractivity contribution in [3.05, 3.63) is 75.1 Å². The van der Waals surface area contributed by atoms with Gasteiger partial charge in [-0.3, -0.25) is 9.59 Å². The number of pyridine rings is 1. The van der Waals surface area contributed by atoms with Gasteiger partial charge in [0.1, 0.15) is 0 Å². The van der Waals surface area contributed by atoms with E-state index in [1.807, 2.05) is 64.0 Å². The molecule has 5 heteroatoms. The predicted molar refractivity (Wildman–Crippen MR) is 119 cm³/mol. The second-order valence-electron chi connectivity index (χ2n) is 7.84. The number of hydrogen-bond acceptors (Lipinski definition) is 3. The summed E-state index contributed by atoms with van der Waals surface area (Å²) in [4.78, 5) is 32.1. The Labute approximate surface area is 172 Å². The zero-order chi connectivity index (χ0) is 21.1. The van der Waals surface area contributed by atoms with Gasteiger partial charge in [-0.15, -0.1) is 0 Å². The van der Waals surface area contributed by atoms with Crippen LogP contribution in [-0.2, 0) is 17.9 Å². The van der Waals surface area contributed by atoms with Gasteiger partial charge in [0.2, 0.25) is 5.91 Å². The van der Waals surface area contributed by atoms with E-state index in [9.17, 15) is 9.59 Å². The van der Waals surface area contributed by atoms with Gasteiger partial charge in [-0.2, -0.15) is 0 Å². The van der Waals surface area contributed by atoms with E-state index in [1.54, 1.807) is 4.90 Å². The summed E-state index contributed by atoms with van der Waals surface area (Å²) >= 11 is 0. The van der Waals surface area contributed by atoms with Gasteiger partial charge in [0, 0.05) is 38.3 Å². The van der Waals surface area contributed by atoms with Gasteiger partial charge >= 0.3 is 0 Å². The standard InChI is InChI=1S/C24H29N3O2/c1-6-22(28)27(14-18-8-7-9-21(12-18)26(4)5)15-20-13-19-11-16(2)10-17(3)23(19)25-24(20)29/h7-13H,6,14-15H2,1-5H3,(H,25,29). The van der Waals surface area contributed by atoms with E-state index in [2.05, 4.69) is 23.2 Å². The first-order valence-electron chi connectivity index (χ1n) is 9.95. The number of aryl methyl sites for hydroxylation is 2. The Kier molecular flexibility index (Phi) is 6.06. The van der Waals surface area contributed by atoms with E-state index in [4.69, 9.17) is 0 Å². The van der Waals surface area contributed by atoms with Gasteiger partial charge in [-0.25, -0.2) is 0 Å². The largest absolute Gasteiger partial charge is 0.378 e. The SMILES string of the molecule is CCC(=O)N(Cc1cccc(N(C)C)c1)Cc1cc2cc(C)cc(C)c2[nH]c1=O. The number of anilines is 1. The molecule has 0 saturated heterocycles. The number of carbonyl (C=O) groups is 1. The number of aromatic nitrogens is 1. The summed E-state index contributed by atoms with van der Waals surface area (Å²) in [5.41, 5.74) is 5.65. The van der Waals surface area contributed by atoms with Crippen LogP contribution in [0.3, 0.4) is 0 Å². The highest BCUT2D eigenvalue weighted by atomic mass is 16.2. The second-order valence-corrected chi connectivity index (χ2v) is 7.84. The van der Waals surface area contributed by atoms with Crippen molar-refractivity contribution in [1.29, 1.82) is 0 Å². The number of aromatic amines is 1. The van der Waals surface area contributed by atoms with E-state index < -0.39 is 0 Å². The lowest BCUT2D eigenvalue weighted by Crippen LogP contribution is -2.32. The number of benzene rings is 2. The number of hydrogen-bond donors (Lipinski definition) is 1. The number of rotatable bonds is 6. The minimum atomic E-state index is -0.139. The molecule has 152 valence electrons. The predicted octanol–water partition coefficient (Wildman–Crippen LogP) is 4.15. The van der Waals surface area contributed by atoms with Crippen molar-refractivity contribution in [3.63, 3.8) is 0 Å². The molecule has 0 saturated carbocycles. The third-order valence-corrected chi connectivity index (χ3v) is 5.19. The van der Waals surface area contributed by atoms with Crippen LogP contribution in [0.1, 0.15) is 35.6 Å². The Morgan fingerprint density at radius 1 is 1.03 bits per heavy atom. The molecule has 0 bridgehead atoms. The van der Waals surface area contributed by atoms with E-state index >= 15 is 0 Å². The Morgan fingerprint density at radius 2 is 1.79 bits per heavy atom. The molecule has 0 aliphatic carbocycles. The Morgan fingerprint density at radius 3 is 2.48 bits per heavy atom. The summed E-state index contributed by atoms with van der Waals surface area (Å²) < 4.78 is 0.